The number of alkyl halides is 3. The Morgan fingerprint density at radius 1 is 1.25 bits per heavy atom. The predicted molar refractivity (Wildman–Crippen MR) is 159 cm³/mol. The third kappa shape index (κ3) is 4.65. The summed E-state index contributed by atoms with van der Waals surface area (Å²) in [7, 11) is 1.44. The maximum absolute atomic E-state index is 15.0. The van der Waals surface area contributed by atoms with Gasteiger partial charge in [0.05, 0.1) is 33.9 Å². The Labute approximate surface area is 252 Å². The molecular formula is C29H28F4N6O4S. The molecule has 1 amide bonds. The monoisotopic (exact) mass is 632 g/mol. The van der Waals surface area contributed by atoms with Gasteiger partial charge in [-0.3, -0.25) is 9.36 Å². The van der Waals surface area contributed by atoms with Crippen molar-refractivity contribution in [2.24, 2.45) is 0 Å². The summed E-state index contributed by atoms with van der Waals surface area (Å²) in [4.78, 5) is 38.0. The van der Waals surface area contributed by atoms with Crippen LogP contribution in [0.5, 0.6) is 5.75 Å². The highest BCUT2D eigenvalue weighted by molar-refractivity contribution is 7.22. The predicted octanol–water partition coefficient (Wildman–Crippen LogP) is 4.60. The van der Waals surface area contributed by atoms with Crippen LogP contribution in [-0.4, -0.2) is 70.8 Å². The van der Waals surface area contributed by atoms with Gasteiger partial charge in [-0.15, -0.1) is 0 Å². The van der Waals surface area contributed by atoms with Crippen LogP contribution < -0.4 is 21.1 Å². The Bertz CT molecular complexity index is 1880. The molecule has 1 fully saturated rings. The number of nitrogens with zero attached hydrogens (tertiary/aromatic N) is 5. The highest BCUT2D eigenvalue weighted by atomic mass is 32.1. The van der Waals surface area contributed by atoms with Crippen LogP contribution in [0, 0.1) is 5.82 Å². The first-order valence-electron chi connectivity index (χ1n) is 13.7. The Hall–Kier alpha value is -4.24. The molecule has 4 heterocycles. The number of aromatic nitrogens is 3. The molecular weight excluding hydrogens is 604 g/mol. The largest absolute Gasteiger partial charge is 0.488 e. The van der Waals surface area contributed by atoms with Gasteiger partial charge in [-0.2, -0.15) is 18.2 Å². The van der Waals surface area contributed by atoms with Gasteiger partial charge in [-0.1, -0.05) is 17.9 Å². The van der Waals surface area contributed by atoms with E-state index in [2.05, 4.69) is 16.5 Å². The van der Waals surface area contributed by atoms with Crippen LogP contribution in [0.15, 0.2) is 35.6 Å². The van der Waals surface area contributed by atoms with Gasteiger partial charge in [0, 0.05) is 48.8 Å². The van der Waals surface area contributed by atoms with Crippen LogP contribution in [0.3, 0.4) is 0 Å². The van der Waals surface area contributed by atoms with Gasteiger partial charge in [0.2, 0.25) is 5.91 Å². The zero-order chi connectivity index (χ0) is 31.7. The highest BCUT2D eigenvalue weighted by Crippen LogP contribution is 2.51. The summed E-state index contributed by atoms with van der Waals surface area (Å²) in [5.74, 6) is -1.12. The van der Waals surface area contributed by atoms with E-state index in [4.69, 9.17) is 15.2 Å². The molecule has 0 aliphatic carbocycles. The minimum Gasteiger partial charge on any atom is -0.488 e. The molecule has 2 aliphatic heterocycles. The van der Waals surface area contributed by atoms with Gasteiger partial charge < -0.3 is 25.0 Å². The molecule has 1 saturated heterocycles. The van der Waals surface area contributed by atoms with E-state index in [9.17, 15) is 27.2 Å². The number of carbonyl (C=O) groups excluding carboxylic acids is 1. The molecule has 2 aromatic carbocycles. The number of benzene rings is 2. The lowest BCUT2D eigenvalue weighted by molar-refractivity contribution is -0.137. The SMILES string of the molecule is C=CC(=O)N1[C@H](C)CN(c2nc(=O)n3c4c(c(-c5ccc(F)c6sc(N)nc56)c(C(F)(F)F)cc24)OCC3COC)C[C@@H]1C. The highest BCUT2D eigenvalue weighted by Gasteiger charge is 2.41. The van der Waals surface area contributed by atoms with Crippen molar-refractivity contribution in [1.29, 1.82) is 0 Å². The number of carbonyl (C=O) groups is 1. The number of hydrogen-bond donors (Lipinski definition) is 1. The molecule has 2 N–H and O–H groups in total. The molecule has 232 valence electrons. The minimum atomic E-state index is -4.90. The maximum Gasteiger partial charge on any atom is 0.417 e. The van der Waals surface area contributed by atoms with Crippen molar-refractivity contribution >= 4 is 49.3 Å². The maximum atomic E-state index is 15.0. The van der Waals surface area contributed by atoms with Crippen LogP contribution in [-0.2, 0) is 15.7 Å². The summed E-state index contributed by atoms with van der Waals surface area (Å²) in [5.41, 5.74) is 3.70. The third-order valence-electron chi connectivity index (χ3n) is 8.02. The molecule has 0 spiro atoms. The smallest absolute Gasteiger partial charge is 0.417 e. The van der Waals surface area contributed by atoms with E-state index in [0.717, 1.165) is 23.5 Å². The summed E-state index contributed by atoms with van der Waals surface area (Å²) < 4.78 is 72.3. The fourth-order valence-electron chi connectivity index (χ4n) is 6.37. The topological polar surface area (TPSA) is 116 Å². The first kappa shape index (κ1) is 29.8. The number of anilines is 2. The van der Waals surface area contributed by atoms with E-state index in [1.165, 1.54) is 23.8 Å². The number of nitrogens with two attached hydrogens (primary N) is 1. The molecule has 3 atom stereocenters. The van der Waals surface area contributed by atoms with Crippen molar-refractivity contribution in [1.82, 2.24) is 19.4 Å². The zero-order valence-corrected chi connectivity index (χ0v) is 24.8. The molecule has 0 saturated carbocycles. The first-order chi connectivity index (χ1) is 20.8. The second-order valence-electron chi connectivity index (χ2n) is 10.9. The van der Waals surface area contributed by atoms with Gasteiger partial charge >= 0.3 is 11.9 Å². The molecule has 44 heavy (non-hydrogen) atoms. The minimum absolute atomic E-state index is 0.00350. The van der Waals surface area contributed by atoms with Crippen molar-refractivity contribution in [3.05, 3.63) is 52.7 Å². The lowest BCUT2D eigenvalue weighted by Gasteiger charge is -2.45. The van der Waals surface area contributed by atoms with Crippen molar-refractivity contribution < 1.29 is 31.8 Å². The Kier molecular flexibility index (Phi) is 7.27. The van der Waals surface area contributed by atoms with Crippen LogP contribution in [0.2, 0.25) is 0 Å². The number of hydrogen-bond acceptors (Lipinski definition) is 9. The van der Waals surface area contributed by atoms with Crippen molar-refractivity contribution in [2.75, 3.05) is 44.0 Å². The normalized spacial score (nSPS) is 20.3. The number of halogens is 4. The van der Waals surface area contributed by atoms with E-state index in [1.807, 2.05) is 0 Å². The molecule has 6 rings (SSSR count). The average molecular weight is 633 g/mol. The van der Waals surface area contributed by atoms with Gasteiger partial charge in [0.1, 0.15) is 18.2 Å². The summed E-state index contributed by atoms with van der Waals surface area (Å²) in [6, 6.07) is 1.80. The number of amides is 1. The zero-order valence-electron chi connectivity index (χ0n) is 23.9. The van der Waals surface area contributed by atoms with Crippen LogP contribution >= 0.6 is 11.3 Å². The molecule has 4 aromatic rings. The quantitative estimate of drug-likeness (QED) is 0.251. The van der Waals surface area contributed by atoms with Gasteiger partial charge in [-0.25, -0.2) is 14.2 Å². The second-order valence-corrected chi connectivity index (χ2v) is 11.9. The molecule has 1 unspecified atom stereocenters. The number of thiazole rings is 1. The lowest BCUT2D eigenvalue weighted by Crippen LogP contribution is -2.58. The van der Waals surface area contributed by atoms with E-state index in [1.54, 1.807) is 23.6 Å². The van der Waals surface area contributed by atoms with E-state index in [0.29, 0.717) is 0 Å². The lowest BCUT2D eigenvalue weighted by atomic mass is 9.93. The number of ether oxygens (including phenoxy) is 2. The average Bonchev–Trinajstić information content (AvgIpc) is 3.36. The second kappa shape index (κ2) is 10.7. The third-order valence-corrected chi connectivity index (χ3v) is 8.92. The Balaban J connectivity index is 1.68. The molecule has 10 nitrogen and oxygen atoms in total. The van der Waals surface area contributed by atoms with Crippen molar-refractivity contribution in [2.45, 2.75) is 38.1 Å². The van der Waals surface area contributed by atoms with Gasteiger partial charge in [0.25, 0.3) is 0 Å². The van der Waals surface area contributed by atoms with Crippen LogP contribution in [0.4, 0.5) is 28.5 Å². The standard InChI is InChI=1S/C29H28F4N6O4S/c1-5-20(40)38-13(2)9-37(10-14(38)3)26-17-8-18(29(31,32)33)21(16-6-7-19(30)25-22(16)35-27(34)44-25)24-23(17)39(28(41)36-26)15(11-42-4)12-43-24/h5-8,13-15H,1,9-12H2,2-4H3,(H2,34,35)/t13-,14+,15?. The van der Waals surface area contributed by atoms with E-state index < -0.39 is 29.3 Å². The van der Waals surface area contributed by atoms with E-state index >= 15 is 0 Å². The number of fused-ring (bicyclic) bond motifs is 1. The van der Waals surface area contributed by atoms with Crippen LogP contribution in [0.25, 0.3) is 32.2 Å². The number of nitrogen functional groups attached to an aromatic ring is 1. The number of piperazine rings is 1. The van der Waals surface area contributed by atoms with Gasteiger partial charge in [0.15, 0.2) is 10.9 Å². The fourth-order valence-corrected chi connectivity index (χ4v) is 7.13. The van der Waals surface area contributed by atoms with Crippen molar-refractivity contribution in [3.63, 3.8) is 0 Å². The molecule has 15 heteroatoms. The number of rotatable bonds is 5. The van der Waals surface area contributed by atoms with E-state index in [-0.39, 0.29) is 93.2 Å². The fraction of sp³-hybridized carbons (Fsp3) is 0.379. The molecule has 0 bridgehead atoms. The molecule has 2 aromatic heterocycles. The Morgan fingerprint density at radius 3 is 2.59 bits per heavy atom. The summed E-state index contributed by atoms with van der Waals surface area (Å²) >= 11 is 0.817. The first-order valence-corrected chi connectivity index (χ1v) is 14.5. The van der Waals surface area contributed by atoms with Gasteiger partial charge in [-0.05, 0) is 38.1 Å². The molecule has 0 radical (unpaired) electrons. The number of methoxy groups -OCH3 is 1. The van der Waals surface area contributed by atoms with Crippen LogP contribution in [0.1, 0.15) is 25.5 Å². The Morgan fingerprint density at radius 2 is 1.95 bits per heavy atom. The van der Waals surface area contributed by atoms with Crippen molar-refractivity contribution in [3.8, 4) is 16.9 Å². The molecule has 2 aliphatic rings. The summed E-state index contributed by atoms with van der Waals surface area (Å²) in [5, 5.41) is 0.0201. The summed E-state index contributed by atoms with van der Waals surface area (Å²) in [6.07, 6.45) is -3.69. The summed E-state index contributed by atoms with van der Waals surface area (Å²) in [6.45, 7) is 7.43.